The van der Waals surface area contributed by atoms with Crippen molar-refractivity contribution in [1.82, 2.24) is 0 Å². The molecule has 0 saturated heterocycles. The second-order valence-electron chi connectivity index (χ2n) is 1.06. The molecule has 1 aliphatic rings. The van der Waals surface area contributed by atoms with Crippen molar-refractivity contribution < 1.29 is 4.79 Å². The lowest BCUT2D eigenvalue weighted by Crippen LogP contribution is -2.02. The molecule has 1 aliphatic carbocycles. The van der Waals surface area contributed by atoms with Crippen molar-refractivity contribution >= 4 is 5.78 Å². The number of rotatable bonds is 0. The molecule has 6 heavy (non-hydrogen) atoms. The number of allylic oxidation sites excluding steroid dienone is 1. The zero-order chi connectivity index (χ0) is 4.57. The minimum atomic E-state index is -0.116. The molecule has 1 heteroatoms. The molecule has 0 aliphatic heterocycles. The lowest BCUT2D eigenvalue weighted by atomic mass is 10.1. The van der Waals surface area contributed by atoms with E-state index in [1.807, 2.05) is 0 Å². The topological polar surface area (TPSA) is 17.1 Å². The Morgan fingerprint density at radius 1 is 1.50 bits per heavy atom. The summed E-state index contributed by atoms with van der Waals surface area (Å²) in [6, 6.07) is 0. The van der Waals surface area contributed by atoms with Crippen molar-refractivity contribution in [3.8, 4) is 11.8 Å². The molecule has 0 bridgehead atoms. The maximum atomic E-state index is 9.96. The van der Waals surface area contributed by atoms with E-state index in [0.29, 0.717) is 5.57 Å². The summed E-state index contributed by atoms with van der Waals surface area (Å²) < 4.78 is 0. The molecular formula is C5H2O. The van der Waals surface area contributed by atoms with E-state index in [0.717, 1.165) is 0 Å². The van der Waals surface area contributed by atoms with Gasteiger partial charge in [0.05, 0.1) is 5.57 Å². The molecule has 1 rings (SSSR count). The number of hydrogen-bond donors (Lipinski definition) is 0. The van der Waals surface area contributed by atoms with Crippen molar-refractivity contribution in [2.45, 2.75) is 0 Å². The average molecular weight is 78.1 g/mol. The fourth-order valence-corrected chi connectivity index (χ4v) is 0.202. The Morgan fingerprint density at radius 2 is 2.00 bits per heavy atom. The highest BCUT2D eigenvalue weighted by atomic mass is 16.1. The third kappa shape index (κ3) is 0.181. The number of Topliss-reactive ketones (excluding diaryl/α,β-unsaturated/α-hetero) is 1. The first-order valence-corrected chi connectivity index (χ1v) is 1.56. The van der Waals surface area contributed by atoms with Crippen molar-refractivity contribution in [3.05, 3.63) is 12.2 Å². The smallest absolute Gasteiger partial charge is 0.244 e. The van der Waals surface area contributed by atoms with Crippen LogP contribution in [0.25, 0.3) is 0 Å². The van der Waals surface area contributed by atoms with E-state index < -0.39 is 0 Å². The molecule has 0 saturated carbocycles. The Kier molecular flexibility index (Phi) is 0.381. The van der Waals surface area contributed by atoms with E-state index in [4.69, 9.17) is 0 Å². The lowest BCUT2D eigenvalue weighted by Gasteiger charge is -1.91. The highest BCUT2D eigenvalue weighted by molar-refractivity contribution is 6.18. The number of ketones is 1. The molecule has 0 aromatic heterocycles. The van der Waals surface area contributed by atoms with Crippen molar-refractivity contribution in [1.29, 1.82) is 0 Å². The van der Waals surface area contributed by atoms with Crippen LogP contribution >= 0.6 is 0 Å². The highest BCUT2D eigenvalue weighted by Crippen LogP contribution is 1.95. The minimum absolute atomic E-state index is 0.116. The second-order valence-corrected chi connectivity index (χ2v) is 1.06. The number of hydrogen-bond acceptors (Lipinski definition) is 1. The molecule has 0 N–H and O–H groups in total. The quantitative estimate of drug-likeness (QED) is 0.228. The van der Waals surface area contributed by atoms with Crippen LogP contribution < -0.4 is 0 Å². The third-order valence-corrected chi connectivity index (χ3v) is 0.601. The Morgan fingerprint density at radius 3 is 2.00 bits per heavy atom. The Bertz CT molecular complexity index is 148. The zero-order valence-electron chi connectivity index (χ0n) is 3.12. The fraction of sp³-hybridized carbons (Fsp3) is 0. The van der Waals surface area contributed by atoms with Crippen LogP contribution in [0.3, 0.4) is 0 Å². The fourth-order valence-electron chi connectivity index (χ4n) is 0.202. The Hall–Kier alpha value is -1.03. The van der Waals surface area contributed by atoms with Gasteiger partial charge in [-0.05, 0) is 5.92 Å². The summed E-state index contributed by atoms with van der Waals surface area (Å²) >= 11 is 0. The van der Waals surface area contributed by atoms with Gasteiger partial charge in [-0.3, -0.25) is 4.79 Å². The van der Waals surface area contributed by atoms with E-state index in [1.54, 1.807) is 0 Å². The molecule has 0 radical (unpaired) electrons. The van der Waals surface area contributed by atoms with Crippen molar-refractivity contribution in [2.75, 3.05) is 0 Å². The molecule has 0 atom stereocenters. The van der Waals surface area contributed by atoms with Crippen LogP contribution in [-0.2, 0) is 4.79 Å². The highest BCUT2D eigenvalue weighted by Gasteiger charge is 2.05. The summed E-state index contributed by atoms with van der Waals surface area (Å²) in [5.41, 5.74) is 0.440. The molecule has 0 fully saturated rings. The standard InChI is InChI=1S/C5H2O/c1-4-2-3-5(4)6/h1H2. The monoisotopic (exact) mass is 78.0 g/mol. The maximum Gasteiger partial charge on any atom is 0.244 e. The van der Waals surface area contributed by atoms with E-state index in [1.165, 1.54) is 0 Å². The lowest BCUT2D eigenvalue weighted by molar-refractivity contribution is -0.110. The van der Waals surface area contributed by atoms with E-state index >= 15 is 0 Å². The normalized spacial score (nSPS) is 15.3. The van der Waals surface area contributed by atoms with Gasteiger partial charge in [0.25, 0.3) is 0 Å². The Labute approximate surface area is 35.7 Å². The average Bonchev–Trinajstić information content (AvgIpc) is 1.61. The number of carbonyl (C=O) groups is 1. The number of carbonyl (C=O) groups excluding carboxylic acids is 1. The van der Waals surface area contributed by atoms with Gasteiger partial charge in [-0.15, -0.1) is 0 Å². The van der Waals surface area contributed by atoms with Gasteiger partial charge in [0.1, 0.15) is 0 Å². The molecule has 0 heterocycles. The molecule has 0 unspecified atom stereocenters. The molecule has 0 aromatic rings. The molecule has 1 nitrogen and oxygen atoms in total. The zero-order valence-corrected chi connectivity index (χ0v) is 3.12. The Balaban J connectivity index is 3.08. The van der Waals surface area contributed by atoms with Gasteiger partial charge < -0.3 is 0 Å². The van der Waals surface area contributed by atoms with Gasteiger partial charge in [-0.1, -0.05) is 12.5 Å². The van der Waals surface area contributed by atoms with Crippen LogP contribution in [0.4, 0.5) is 0 Å². The van der Waals surface area contributed by atoms with Crippen molar-refractivity contribution in [2.24, 2.45) is 0 Å². The second kappa shape index (κ2) is 0.721. The van der Waals surface area contributed by atoms with Crippen LogP contribution in [0.2, 0.25) is 0 Å². The SMILES string of the molecule is C=C1C#CC1=O. The minimum Gasteiger partial charge on any atom is -0.279 e. The van der Waals surface area contributed by atoms with E-state index in [-0.39, 0.29) is 5.78 Å². The first-order chi connectivity index (χ1) is 2.80. The molecule has 28 valence electrons. The molecule has 0 amide bonds. The summed E-state index contributed by atoms with van der Waals surface area (Å²) in [4.78, 5) is 9.96. The first kappa shape index (κ1) is 3.17. The predicted octanol–water partition coefficient (Wildman–Crippen LogP) is 0.129. The predicted molar refractivity (Wildman–Crippen MR) is 21.9 cm³/mol. The summed E-state index contributed by atoms with van der Waals surface area (Å²) in [6.07, 6.45) is 0. The summed E-state index contributed by atoms with van der Waals surface area (Å²) in [5.74, 6) is 4.62. The van der Waals surface area contributed by atoms with Gasteiger partial charge in [0.15, 0.2) is 0 Å². The molecular weight excluding hydrogens is 76.1 g/mol. The van der Waals surface area contributed by atoms with Gasteiger partial charge in [-0.2, -0.15) is 0 Å². The van der Waals surface area contributed by atoms with Crippen molar-refractivity contribution in [3.63, 3.8) is 0 Å². The summed E-state index contributed by atoms with van der Waals surface area (Å²) in [6.45, 7) is 3.32. The van der Waals surface area contributed by atoms with E-state index in [9.17, 15) is 4.79 Å². The van der Waals surface area contributed by atoms with Crippen LogP contribution in [0, 0.1) is 11.8 Å². The summed E-state index contributed by atoms with van der Waals surface area (Å²) in [7, 11) is 0. The van der Waals surface area contributed by atoms with E-state index in [2.05, 4.69) is 18.4 Å². The van der Waals surface area contributed by atoms with Crippen LogP contribution in [0.5, 0.6) is 0 Å². The summed E-state index contributed by atoms with van der Waals surface area (Å²) in [5, 5.41) is 0. The van der Waals surface area contributed by atoms with Gasteiger partial charge >= 0.3 is 0 Å². The maximum absolute atomic E-state index is 9.96. The van der Waals surface area contributed by atoms with Crippen LogP contribution in [-0.4, -0.2) is 5.78 Å². The first-order valence-electron chi connectivity index (χ1n) is 1.56. The molecule has 0 aromatic carbocycles. The largest absolute Gasteiger partial charge is 0.279 e. The van der Waals surface area contributed by atoms with Gasteiger partial charge in [0, 0.05) is 0 Å². The van der Waals surface area contributed by atoms with Gasteiger partial charge in [-0.25, -0.2) is 0 Å². The third-order valence-electron chi connectivity index (χ3n) is 0.601. The molecule has 0 spiro atoms. The van der Waals surface area contributed by atoms with Crippen LogP contribution in [0.1, 0.15) is 0 Å². The van der Waals surface area contributed by atoms with Gasteiger partial charge in [0.2, 0.25) is 5.78 Å². The van der Waals surface area contributed by atoms with Crippen LogP contribution in [0.15, 0.2) is 12.2 Å².